The number of piperidine rings is 1. The van der Waals surface area contributed by atoms with Crippen molar-refractivity contribution in [2.24, 2.45) is 0 Å². The Hall–Kier alpha value is -2.96. The van der Waals surface area contributed by atoms with E-state index in [0.29, 0.717) is 24.2 Å². The number of pyridine rings is 1. The largest absolute Gasteiger partial charge is 0.342 e. The van der Waals surface area contributed by atoms with Crippen LogP contribution in [0.5, 0.6) is 0 Å². The van der Waals surface area contributed by atoms with E-state index in [0.717, 1.165) is 24.2 Å². The molecule has 3 aromatic rings. The van der Waals surface area contributed by atoms with Gasteiger partial charge in [0.2, 0.25) is 5.91 Å². The van der Waals surface area contributed by atoms with Crippen molar-refractivity contribution in [1.29, 1.82) is 0 Å². The van der Waals surface area contributed by atoms with Crippen LogP contribution in [-0.2, 0) is 11.3 Å². The molecule has 0 radical (unpaired) electrons. The summed E-state index contributed by atoms with van der Waals surface area (Å²) in [5.41, 5.74) is 1.95. The number of carbonyl (C=O) groups is 1. The Morgan fingerprint density at radius 1 is 1.30 bits per heavy atom. The lowest BCUT2D eigenvalue weighted by atomic mass is 9.96. The summed E-state index contributed by atoms with van der Waals surface area (Å²) >= 11 is 0. The number of benzene rings is 1. The Morgan fingerprint density at radius 3 is 2.85 bits per heavy atom. The smallest absolute Gasteiger partial charge is 0.253 e. The van der Waals surface area contributed by atoms with Crippen LogP contribution in [0.2, 0.25) is 0 Å². The average Bonchev–Trinajstić information content (AvgIpc) is 3.08. The molecular formula is C20H21FN4O2. The summed E-state index contributed by atoms with van der Waals surface area (Å²) in [5, 5.41) is 0. The third-order valence-corrected chi connectivity index (χ3v) is 5.21. The third kappa shape index (κ3) is 3.49. The highest BCUT2D eigenvalue weighted by atomic mass is 19.1. The molecule has 4 rings (SSSR count). The number of aromatic amines is 1. The Bertz CT molecular complexity index is 1050. The van der Waals surface area contributed by atoms with E-state index in [4.69, 9.17) is 0 Å². The van der Waals surface area contributed by atoms with E-state index in [2.05, 4.69) is 9.97 Å². The molecule has 0 unspecified atom stereocenters. The first-order valence-electron chi connectivity index (χ1n) is 9.10. The first-order valence-corrected chi connectivity index (χ1v) is 9.10. The van der Waals surface area contributed by atoms with E-state index in [1.54, 1.807) is 36.2 Å². The number of aromatic nitrogens is 3. The fourth-order valence-electron chi connectivity index (χ4n) is 3.62. The van der Waals surface area contributed by atoms with E-state index in [-0.39, 0.29) is 29.7 Å². The van der Waals surface area contributed by atoms with Gasteiger partial charge in [0.25, 0.3) is 5.56 Å². The number of aryl methyl sites for hydroxylation is 1. The monoisotopic (exact) mass is 368 g/mol. The summed E-state index contributed by atoms with van der Waals surface area (Å²) in [4.78, 5) is 34.2. The van der Waals surface area contributed by atoms with Crippen molar-refractivity contribution in [3.8, 4) is 0 Å². The number of likely N-dealkylation sites (tertiary alicyclic amines) is 1. The van der Waals surface area contributed by atoms with E-state index in [9.17, 15) is 14.0 Å². The molecule has 0 atom stereocenters. The predicted octanol–water partition coefficient (Wildman–Crippen LogP) is 2.58. The van der Waals surface area contributed by atoms with Gasteiger partial charge >= 0.3 is 0 Å². The van der Waals surface area contributed by atoms with Crippen LogP contribution in [0, 0.1) is 12.7 Å². The molecular weight excluding hydrogens is 347 g/mol. The molecule has 2 aromatic heterocycles. The molecule has 1 amide bonds. The molecule has 1 aromatic carbocycles. The number of H-pyrrole nitrogens is 1. The van der Waals surface area contributed by atoms with Crippen LogP contribution in [0.15, 0.2) is 41.3 Å². The summed E-state index contributed by atoms with van der Waals surface area (Å²) in [6.45, 7) is 3.05. The first-order chi connectivity index (χ1) is 13.0. The van der Waals surface area contributed by atoms with Gasteiger partial charge in [-0.15, -0.1) is 0 Å². The van der Waals surface area contributed by atoms with E-state index < -0.39 is 0 Å². The number of fused-ring (bicyclic) bond motifs is 1. The van der Waals surface area contributed by atoms with Crippen molar-refractivity contribution in [3.63, 3.8) is 0 Å². The van der Waals surface area contributed by atoms with Gasteiger partial charge < -0.3 is 14.5 Å². The fraction of sp³-hybridized carbons (Fsp3) is 0.350. The number of amides is 1. The summed E-state index contributed by atoms with van der Waals surface area (Å²) < 4.78 is 14.8. The van der Waals surface area contributed by atoms with Crippen molar-refractivity contribution < 1.29 is 9.18 Å². The Morgan fingerprint density at radius 2 is 2.07 bits per heavy atom. The van der Waals surface area contributed by atoms with Gasteiger partial charge in [0, 0.05) is 30.8 Å². The molecule has 1 fully saturated rings. The van der Waals surface area contributed by atoms with Crippen LogP contribution in [0.3, 0.4) is 0 Å². The Balaban J connectivity index is 1.41. The minimum Gasteiger partial charge on any atom is -0.342 e. The van der Waals surface area contributed by atoms with Gasteiger partial charge in [-0.2, -0.15) is 0 Å². The normalized spacial score (nSPS) is 15.4. The molecule has 27 heavy (non-hydrogen) atoms. The van der Waals surface area contributed by atoms with Gasteiger partial charge in [-0.1, -0.05) is 6.07 Å². The number of carbonyl (C=O) groups excluding carboxylic acids is 1. The number of nitrogens with one attached hydrogen (secondary N) is 1. The van der Waals surface area contributed by atoms with Crippen LogP contribution in [0.4, 0.5) is 4.39 Å². The number of hydrogen-bond acceptors (Lipinski definition) is 3. The molecule has 140 valence electrons. The number of hydrogen-bond donors (Lipinski definition) is 1. The van der Waals surface area contributed by atoms with Crippen LogP contribution in [-0.4, -0.2) is 38.4 Å². The number of halogens is 1. The minimum atomic E-state index is -0.287. The molecule has 0 spiro atoms. The summed E-state index contributed by atoms with van der Waals surface area (Å²) in [7, 11) is 0. The topological polar surface area (TPSA) is 71.0 Å². The molecule has 3 heterocycles. The standard InChI is InChI=1S/C20H21FN4O2/c1-13-3-2-8-25(20(13)27)12-18(26)24-9-6-14(7-10-24)19-22-16-5-4-15(21)11-17(16)23-19/h2-5,8,11,14H,6-7,9-10,12H2,1H3,(H,22,23). The molecule has 1 aliphatic rings. The quantitative estimate of drug-likeness (QED) is 0.772. The molecule has 0 aliphatic carbocycles. The lowest BCUT2D eigenvalue weighted by Crippen LogP contribution is -2.41. The highest BCUT2D eigenvalue weighted by Crippen LogP contribution is 2.28. The van der Waals surface area contributed by atoms with Crippen molar-refractivity contribution in [2.45, 2.75) is 32.2 Å². The molecule has 1 aliphatic heterocycles. The Kier molecular flexibility index (Phi) is 4.51. The van der Waals surface area contributed by atoms with Crippen LogP contribution in [0.25, 0.3) is 11.0 Å². The Labute approximate surface area is 155 Å². The zero-order valence-corrected chi connectivity index (χ0v) is 15.1. The molecule has 7 heteroatoms. The van der Waals surface area contributed by atoms with Gasteiger partial charge in [0.15, 0.2) is 0 Å². The summed E-state index contributed by atoms with van der Waals surface area (Å²) in [6.07, 6.45) is 3.22. The van der Waals surface area contributed by atoms with Gasteiger partial charge in [-0.25, -0.2) is 9.37 Å². The lowest BCUT2D eigenvalue weighted by molar-refractivity contribution is -0.133. The highest BCUT2D eigenvalue weighted by Gasteiger charge is 2.26. The zero-order valence-electron chi connectivity index (χ0n) is 15.1. The third-order valence-electron chi connectivity index (χ3n) is 5.21. The summed E-state index contributed by atoms with van der Waals surface area (Å²) in [5.74, 6) is 0.723. The predicted molar refractivity (Wildman–Crippen MR) is 100 cm³/mol. The second-order valence-electron chi connectivity index (χ2n) is 7.06. The van der Waals surface area contributed by atoms with E-state index in [1.807, 2.05) is 0 Å². The summed E-state index contributed by atoms with van der Waals surface area (Å²) in [6, 6.07) is 8.04. The SMILES string of the molecule is Cc1cccn(CC(=O)N2CCC(c3nc4ccc(F)cc4[nH]3)CC2)c1=O. The van der Waals surface area contributed by atoms with Crippen molar-refractivity contribution in [1.82, 2.24) is 19.4 Å². The van der Waals surface area contributed by atoms with E-state index in [1.165, 1.54) is 16.7 Å². The fourth-order valence-corrected chi connectivity index (χ4v) is 3.62. The first kappa shape index (κ1) is 17.5. The van der Waals surface area contributed by atoms with Crippen molar-refractivity contribution in [3.05, 3.63) is 64.1 Å². The molecule has 1 N–H and O–H groups in total. The van der Waals surface area contributed by atoms with Crippen molar-refractivity contribution >= 4 is 16.9 Å². The minimum absolute atomic E-state index is 0.0483. The molecule has 0 bridgehead atoms. The number of imidazole rings is 1. The van der Waals surface area contributed by atoms with Gasteiger partial charge in [0.1, 0.15) is 18.2 Å². The van der Waals surface area contributed by atoms with Gasteiger partial charge in [0.05, 0.1) is 11.0 Å². The maximum Gasteiger partial charge on any atom is 0.253 e. The van der Waals surface area contributed by atoms with Crippen molar-refractivity contribution in [2.75, 3.05) is 13.1 Å². The second-order valence-corrected chi connectivity index (χ2v) is 7.06. The zero-order chi connectivity index (χ0) is 19.0. The molecule has 0 saturated carbocycles. The maximum atomic E-state index is 13.3. The maximum absolute atomic E-state index is 13.3. The molecule has 1 saturated heterocycles. The lowest BCUT2D eigenvalue weighted by Gasteiger charge is -2.31. The number of rotatable bonds is 3. The highest BCUT2D eigenvalue weighted by molar-refractivity contribution is 5.76. The average molecular weight is 368 g/mol. The molecule has 6 nitrogen and oxygen atoms in total. The van der Waals surface area contributed by atoms with E-state index >= 15 is 0 Å². The van der Waals surface area contributed by atoms with Gasteiger partial charge in [-0.05, 0) is 44.0 Å². The van der Waals surface area contributed by atoms with Crippen LogP contribution < -0.4 is 5.56 Å². The van der Waals surface area contributed by atoms with Crippen LogP contribution in [0.1, 0.15) is 30.1 Å². The van der Waals surface area contributed by atoms with Crippen LogP contribution >= 0.6 is 0 Å². The second kappa shape index (κ2) is 6.98. The number of nitrogens with zero attached hydrogens (tertiary/aromatic N) is 3. The van der Waals surface area contributed by atoms with Gasteiger partial charge in [-0.3, -0.25) is 9.59 Å².